The van der Waals surface area contributed by atoms with Crippen molar-refractivity contribution in [3.63, 3.8) is 0 Å². The van der Waals surface area contributed by atoms with E-state index in [0.29, 0.717) is 27.0 Å². The molecule has 0 radical (unpaired) electrons. The zero-order chi connectivity index (χ0) is 22.1. The van der Waals surface area contributed by atoms with Crippen LogP contribution in [0.15, 0.2) is 67.0 Å². The van der Waals surface area contributed by atoms with Gasteiger partial charge in [0.1, 0.15) is 5.75 Å². The number of ether oxygens (including phenoxy) is 1. The highest BCUT2D eigenvalue weighted by atomic mass is 32.1. The van der Waals surface area contributed by atoms with E-state index >= 15 is 0 Å². The number of nitrogens with one attached hydrogen (secondary N) is 1. The van der Waals surface area contributed by atoms with E-state index in [1.54, 1.807) is 30.2 Å². The van der Waals surface area contributed by atoms with Crippen molar-refractivity contribution in [2.24, 2.45) is 0 Å². The Kier molecular flexibility index (Phi) is 4.92. The minimum absolute atomic E-state index is 0.0203. The molecule has 0 amide bonds. The van der Waals surface area contributed by atoms with Gasteiger partial charge in [0.15, 0.2) is 11.6 Å². The van der Waals surface area contributed by atoms with Crippen molar-refractivity contribution < 1.29 is 9.66 Å². The molecule has 3 heterocycles. The third kappa shape index (κ3) is 3.61. The first-order valence-electron chi connectivity index (χ1n) is 9.44. The maximum atomic E-state index is 11.1. The molecule has 10 nitrogen and oxygen atoms in total. The minimum Gasteiger partial charge on any atom is -0.497 e. The van der Waals surface area contributed by atoms with E-state index in [1.807, 2.05) is 36.4 Å². The molecule has 0 atom stereocenters. The molecule has 0 saturated carbocycles. The summed E-state index contributed by atoms with van der Waals surface area (Å²) in [6.45, 7) is 0. The van der Waals surface area contributed by atoms with E-state index in [1.165, 1.54) is 23.5 Å². The average Bonchev–Trinajstić information content (AvgIpc) is 3.43. The van der Waals surface area contributed by atoms with E-state index in [-0.39, 0.29) is 5.69 Å². The summed E-state index contributed by atoms with van der Waals surface area (Å²) in [5, 5.41) is 20.4. The maximum Gasteiger partial charge on any atom is 0.270 e. The van der Waals surface area contributed by atoms with Gasteiger partial charge in [-0.15, -0.1) is 10.2 Å². The molecule has 0 aliphatic heterocycles. The molecule has 5 aromatic rings. The Bertz CT molecular complexity index is 1410. The Balaban J connectivity index is 1.60. The lowest BCUT2D eigenvalue weighted by atomic mass is 10.2. The first-order chi connectivity index (χ1) is 15.6. The summed E-state index contributed by atoms with van der Waals surface area (Å²) in [5.74, 6) is 1.85. The molecule has 1 N–H and O–H groups in total. The highest BCUT2D eigenvalue weighted by Crippen LogP contribution is 2.31. The second kappa shape index (κ2) is 8.04. The van der Waals surface area contributed by atoms with E-state index in [4.69, 9.17) is 4.74 Å². The van der Waals surface area contributed by atoms with Crippen LogP contribution >= 0.6 is 11.3 Å². The number of nitrogens with zero attached hydrogens (tertiary/aromatic N) is 6. The highest BCUT2D eigenvalue weighted by Gasteiger charge is 2.18. The molecule has 3 aromatic heterocycles. The van der Waals surface area contributed by atoms with Gasteiger partial charge in [0.2, 0.25) is 5.13 Å². The van der Waals surface area contributed by atoms with Gasteiger partial charge in [0.05, 0.1) is 22.2 Å². The molecular formula is C21H15N7O3S. The van der Waals surface area contributed by atoms with Crippen LogP contribution in [-0.4, -0.2) is 36.9 Å². The van der Waals surface area contributed by atoms with Crippen molar-refractivity contribution in [2.75, 3.05) is 12.5 Å². The van der Waals surface area contributed by atoms with Crippen LogP contribution in [0.25, 0.3) is 33.0 Å². The molecular weight excluding hydrogens is 430 g/mol. The van der Waals surface area contributed by atoms with Crippen molar-refractivity contribution in [1.29, 1.82) is 0 Å². The third-order valence-electron chi connectivity index (χ3n) is 4.72. The number of fused-ring (bicyclic) bond motifs is 1. The first kappa shape index (κ1) is 19.6. The summed E-state index contributed by atoms with van der Waals surface area (Å²) < 4.78 is 7.67. The number of pyridine rings is 1. The van der Waals surface area contributed by atoms with Crippen LogP contribution in [-0.2, 0) is 0 Å². The molecule has 0 spiro atoms. The fraction of sp³-hybridized carbons (Fsp3) is 0.0476. The lowest BCUT2D eigenvalue weighted by Crippen LogP contribution is -2.12. The summed E-state index contributed by atoms with van der Waals surface area (Å²) in [6.07, 6.45) is 3.38. The molecule has 5 rings (SSSR count). The van der Waals surface area contributed by atoms with Crippen LogP contribution in [0.3, 0.4) is 0 Å². The summed E-state index contributed by atoms with van der Waals surface area (Å²) in [6, 6.07) is 15.7. The molecule has 0 fully saturated rings. The molecule has 158 valence electrons. The van der Waals surface area contributed by atoms with Crippen molar-refractivity contribution >= 4 is 32.4 Å². The molecule has 32 heavy (non-hydrogen) atoms. The highest BCUT2D eigenvalue weighted by molar-refractivity contribution is 7.22. The van der Waals surface area contributed by atoms with Crippen LogP contribution in [0.5, 0.6) is 5.75 Å². The normalized spacial score (nSPS) is 10.9. The lowest BCUT2D eigenvalue weighted by molar-refractivity contribution is -0.384. The van der Waals surface area contributed by atoms with Crippen LogP contribution in [0, 0.1) is 10.1 Å². The topological polar surface area (TPSA) is 121 Å². The Morgan fingerprint density at radius 2 is 1.84 bits per heavy atom. The molecule has 0 saturated heterocycles. The number of rotatable bonds is 6. The zero-order valence-electron chi connectivity index (χ0n) is 16.7. The third-order valence-corrected chi connectivity index (χ3v) is 5.64. The van der Waals surface area contributed by atoms with E-state index in [9.17, 15) is 10.1 Å². The molecule has 0 aliphatic rings. The summed E-state index contributed by atoms with van der Waals surface area (Å²) >= 11 is 1.30. The number of thiazole rings is 1. The molecule has 0 unspecified atom stereocenters. The predicted octanol–water partition coefficient (Wildman–Crippen LogP) is 4.41. The Morgan fingerprint density at radius 3 is 2.53 bits per heavy atom. The van der Waals surface area contributed by atoms with Crippen LogP contribution in [0.2, 0.25) is 0 Å². The standard InChI is InChI=1S/C21H15N7O3S/c1-31-16-7-4-13(5-8-16)19-24-25-20(14-3-2-10-22-12-14)27(19)26-21-23-17-9-6-15(28(29)30)11-18(17)32-21/h2-12H,1H3,(H,23,26). The number of nitro benzene ring substituents is 1. The van der Waals surface area contributed by atoms with Gasteiger partial charge in [-0.2, -0.15) is 0 Å². The maximum absolute atomic E-state index is 11.1. The predicted molar refractivity (Wildman–Crippen MR) is 121 cm³/mol. The van der Waals surface area contributed by atoms with Crippen molar-refractivity contribution in [3.05, 3.63) is 77.1 Å². The number of anilines is 1. The molecule has 0 bridgehead atoms. The SMILES string of the molecule is COc1ccc(-c2nnc(-c3cccnc3)n2Nc2nc3ccc([N+](=O)[O-])cc3s2)cc1. The van der Waals surface area contributed by atoms with Crippen LogP contribution < -0.4 is 10.2 Å². The average molecular weight is 445 g/mol. The van der Waals surface area contributed by atoms with Gasteiger partial charge in [0.25, 0.3) is 5.69 Å². The number of methoxy groups -OCH3 is 1. The Labute approximate surface area is 185 Å². The van der Waals surface area contributed by atoms with Crippen molar-refractivity contribution in [1.82, 2.24) is 24.8 Å². The Morgan fingerprint density at radius 1 is 1.06 bits per heavy atom. The number of hydrogen-bond acceptors (Lipinski definition) is 9. The van der Waals surface area contributed by atoms with Gasteiger partial charge in [-0.25, -0.2) is 9.66 Å². The number of aromatic nitrogens is 5. The number of nitro groups is 1. The summed E-state index contributed by atoms with van der Waals surface area (Å²) in [7, 11) is 1.61. The molecule has 0 aliphatic carbocycles. The van der Waals surface area contributed by atoms with Crippen molar-refractivity contribution in [3.8, 4) is 28.5 Å². The fourth-order valence-corrected chi connectivity index (χ4v) is 4.06. The van der Waals surface area contributed by atoms with Crippen LogP contribution in [0.1, 0.15) is 0 Å². The van der Waals surface area contributed by atoms with Gasteiger partial charge in [-0.05, 0) is 42.5 Å². The van der Waals surface area contributed by atoms with Crippen molar-refractivity contribution in [2.45, 2.75) is 0 Å². The fourth-order valence-electron chi connectivity index (χ4n) is 3.17. The minimum atomic E-state index is -0.422. The van der Waals surface area contributed by atoms with Gasteiger partial charge in [-0.3, -0.25) is 20.5 Å². The van der Waals surface area contributed by atoms with E-state index in [2.05, 4.69) is 25.6 Å². The van der Waals surface area contributed by atoms with E-state index < -0.39 is 4.92 Å². The zero-order valence-corrected chi connectivity index (χ0v) is 17.5. The van der Waals surface area contributed by atoms with Gasteiger partial charge >= 0.3 is 0 Å². The van der Waals surface area contributed by atoms with E-state index in [0.717, 1.165) is 16.9 Å². The van der Waals surface area contributed by atoms with Gasteiger partial charge in [0, 0.05) is 35.7 Å². The second-order valence-corrected chi connectivity index (χ2v) is 7.72. The monoisotopic (exact) mass is 445 g/mol. The second-order valence-electron chi connectivity index (χ2n) is 6.69. The smallest absolute Gasteiger partial charge is 0.270 e. The number of benzene rings is 2. The Hall–Kier alpha value is -4.38. The van der Waals surface area contributed by atoms with Crippen LogP contribution in [0.4, 0.5) is 10.8 Å². The summed E-state index contributed by atoms with van der Waals surface area (Å²) in [5.41, 5.74) is 5.52. The van der Waals surface area contributed by atoms with Gasteiger partial charge in [-0.1, -0.05) is 11.3 Å². The molecule has 2 aromatic carbocycles. The van der Waals surface area contributed by atoms with Gasteiger partial charge < -0.3 is 4.74 Å². The summed E-state index contributed by atoms with van der Waals surface area (Å²) in [4.78, 5) is 19.4. The quantitative estimate of drug-likeness (QED) is 0.301. The number of non-ortho nitro benzene ring substituents is 1. The largest absolute Gasteiger partial charge is 0.497 e. The molecule has 11 heteroatoms. The number of hydrogen-bond donors (Lipinski definition) is 1. The first-order valence-corrected chi connectivity index (χ1v) is 10.3. The lowest BCUT2D eigenvalue weighted by Gasteiger charge is -2.11.